The highest BCUT2D eigenvalue weighted by atomic mass is 127. The molecule has 0 bridgehead atoms. The number of thioether (sulfide) groups is 1. The van der Waals surface area contributed by atoms with Gasteiger partial charge in [0.05, 0.1) is 29.5 Å². The summed E-state index contributed by atoms with van der Waals surface area (Å²) >= 11 is 3.49. The molecule has 2 aromatic carbocycles. The van der Waals surface area contributed by atoms with Crippen LogP contribution < -0.4 is 10.3 Å². The maximum Gasteiger partial charge on any atom is 0.266 e. The fourth-order valence-corrected chi connectivity index (χ4v) is 5.02. The summed E-state index contributed by atoms with van der Waals surface area (Å²) in [6, 6.07) is 13.0. The van der Waals surface area contributed by atoms with E-state index in [0.29, 0.717) is 27.5 Å². The number of ether oxygens (including phenoxy) is 1. The van der Waals surface area contributed by atoms with E-state index in [0.717, 1.165) is 29.5 Å². The average molecular weight is 535 g/mol. The zero-order valence-electron chi connectivity index (χ0n) is 16.6. The number of carbonyl (C=O) groups excluding carboxylic acids is 1. The molecule has 0 saturated carbocycles. The third kappa shape index (κ3) is 4.34. The summed E-state index contributed by atoms with van der Waals surface area (Å²) < 4.78 is 8.02. The van der Waals surface area contributed by atoms with E-state index in [1.54, 1.807) is 11.7 Å². The topological polar surface area (TPSA) is 64.4 Å². The van der Waals surface area contributed by atoms with E-state index in [4.69, 9.17) is 9.72 Å². The number of halogens is 1. The van der Waals surface area contributed by atoms with Gasteiger partial charge in [-0.2, -0.15) is 0 Å². The van der Waals surface area contributed by atoms with E-state index in [1.165, 1.54) is 18.2 Å². The van der Waals surface area contributed by atoms with Crippen LogP contribution in [0.25, 0.3) is 16.6 Å². The molecule has 0 radical (unpaired) electrons. The van der Waals surface area contributed by atoms with Gasteiger partial charge in [-0.1, -0.05) is 23.9 Å². The number of methoxy groups -OCH3 is 1. The lowest BCUT2D eigenvalue weighted by atomic mass is 10.1. The first kappa shape index (κ1) is 21.2. The molecule has 4 rings (SSSR count). The number of fused-ring (bicyclic) bond motifs is 1. The van der Waals surface area contributed by atoms with Crippen LogP contribution in [-0.2, 0) is 4.79 Å². The van der Waals surface area contributed by atoms with Crippen molar-refractivity contribution in [1.29, 1.82) is 0 Å². The molecule has 0 aliphatic carbocycles. The number of carbonyl (C=O) groups is 1. The van der Waals surface area contributed by atoms with Crippen molar-refractivity contribution >= 4 is 51.2 Å². The number of piperidine rings is 1. The van der Waals surface area contributed by atoms with Gasteiger partial charge >= 0.3 is 0 Å². The Morgan fingerprint density at radius 1 is 1.17 bits per heavy atom. The predicted octanol–water partition coefficient (Wildman–Crippen LogP) is 4.10. The highest BCUT2D eigenvalue weighted by molar-refractivity contribution is 14.1. The smallest absolute Gasteiger partial charge is 0.266 e. The van der Waals surface area contributed by atoms with Gasteiger partial charge in [0.1, 0.15) is 5.75 Å². The van der Waals surface area contributed by atoms with Gasteiger partial charge in [-0.15, -0.1) is 0 Å². The normalized spacial score (nSPS) is 14.1. The molecule has 1 aromatic heterocycles. The minimum atomic E-state index is -0.170. The Kier molecular flexibility index (Phi) is 6.62. The number of hydrogen-bond acceptors (Lipinski definition) is 5. The highest BCUT2D eigenvalue weighted by Gasteiger charge is 2.20. The SMILES string of the molecule is COc1ccccc1-n1c(SCC(=O)N2CCCCC2)nc2ccc(I)cc2c1=O. The maximum atomic E-state index is 13.5. The van der Waals surface area contributed by atoms with Crippen molar-refractivity contribution in [3.05, 3.63) is 56.4 Å². The van der Waals surface area contributed by atoms with Crippen molar-refractivity contribution in [2.75, 3.05) is 26.0 Å². The number of nitrogens with zero attached hydrogens (tertiary/aromatic N) is 3. The number of amides is 1. The molecule has 1 aliphatic heterocycles. The molecular weight excluding hydrogens is 513 g/mol. The summed E-state index contributed by atoms with van der Waals surface area (Å²) in [4.78, 5) is 32.8. The van der Waals surface area contributed by atoms with E-state index >= 15 is 0 Å². The Labute approximate surface area is 192 Å². The third-order valence-corrected chi connectivity index (χ3v) is 6.75. The van der Waals surface area contributed by atoms with Gasteiger partial charge < -0.3 is 9.64 Å². The van der Waals surface area contributed by atoms with Crippen LogP contribution >= 0.6 is 34.4 Å². The van der Waals surface area contributed by atoms with Crippen LogP contribution in [0.15, 0.2) is 52.4 Å². The number of para-hydroxylation sites is 2. The predicted molar refractivity (Wildman–Crippen MR) is 128 cm³/mol. The summed E-state index contributed by atoms with van der Waals surface area (Å²) in [5.74, 6) is 0.913. The molecule has 1 amide bonds. The number of aromatic nitrogens is 2. The molecule has 8 heteroatoms. The summed E-state index contributed by atoms with van der Waals surface area (Å²) in [5.41, 5.74) is 1.07. The van der Waals surface area contributed by atoms with Gasteiger partial charge in [0, 0.05) is 16.7 Å². The molecular formula is C22H22IN3O3S. The van der Waals surface area contributed by atoms with Gasteiger partial charge in [-0.25, -0.2) is 4.98 Å². The second-order valence-corrected chi connectivity index (χ2v) is 9.29. The number of likely N-dealkylation sites (tertiary alicyclic amines) is 1. The summed E-state index contributed by atoms with van der Waals surface area (Å²) in [6.45, 7) is 1.62. The lowest BCUT2D eigenvalue weighted by Crippen LogP contribution is -2.36. The van der Waals surface area contributed by atoms with Crippen LogP contribution in [0.5, 0.6) is 5.75 Å². The average Bonchev–Trinajstić information content (AvgIpc) is 2.78. The summed E-state index contributed by atoms with van der Waals surface area (Å²) in [7, 11) is 1.58. The zero-order chi connectivity index (χ0) is 21.1. The van der Waals surface area contributed by atoms with E-state index in [2.05, 4.69) is 22.6 Å². The fourth-order valence-electron chi connectivity index (χ4n) is 3.62. The molecule has 1 fully saturated rings. The number of rotatable bonds is 5. The molecule has 0 unspecified atom stereocenters. The molecule has 156 valence electrons. The van der Waals surface area contributed by atoms with Crippen molar-refractivity contribution < 1.29 is 9.53 Å². The van der Waals surface area contributed by atoms with E-state index < -0.39 is 0 Å². The standard InChI is InChI=1S/C22H22IN3O3S/c1-29-19-8-4-3-7-18(19)26-21(28)16-13-15(23)9-10-17(16)24-22(26)30-14-20(27)25-11-5-2-6-12-25/h3-4,7-10,13H,2,5-6,11-12,14H2,1H3. The van der Waals surface area contributed by atoms with Crippen molar-refractivity contribution in [2.45, 2.75) is 24.4 Å². The lowest BCUT2D eigenvalue weighted by molar-refractivity contribution is -0.129. The Hall–Kier alpha value is -2.07. The Bertz CT molecular complexity index is 1140. The van der Waals surface area contributed by atoms with Crippen LogP contribution in [-0.4, -0.2) is 46.3 Å². The Balaban J connectivity index is 1.78. The van der Waals surface area contributed by atoms with E-state index in [1.807, 2.05) is 47.4 Å². The molecule has 1 saturated heterocycles. The van der Waals surface area contributed by atoms with Crippen molar-refractivity contribution in [3.8, 4) is 11.4 Å². The summed E-state index contributed by atoms with van der Waals surface area (Å²) in [6.07, 6.45) is 3.28. The minimum Gasteiger partial charge on any atom is -0.495 e. The fraction of sp³-hybridized carbons (Fsp3) is 0.318. The van der Waals surface area contributed by atoms with E-state index in [-0.39, 0.29) is 17.2 Å². The maximum absolute atomic E-state index is 13.5. The molecule has 0 atom stereocenters. The Morgan fingerprint density at radius 3 is 2.70 bits per heavy atom. The van der Waals surface area contributed by atoms with Crippen LogP contribution in [0.1, 0.15) is 19.3 Å². The molecule has 0 N–H and O–H groups in total. The molecule has 1 aliphatic rings. The molecule has 30 heavy (non-hydrogen) atoms. The van der Waals surface area contributed by atoms with Crippen LogP contribution in [0.3, 0.4) is 0 Å². The van der Waals surface area contributed by atoms with Crippen LogP contribution in [0, 0.1) is 3.57 Å². The third-order valence-electron chi connectivity index (χ3n) is 5.16. The second kappa shape index (κ2) is 9.38. The van der Waals surface area contributed by atoms with Crippen molar-refractivity contribution in [2.24, 2.45) is 0 Å². The number of hydrogen-bond donors (Lipinski definition) is 0. The largest absolute Gasteiger partial charge is 0.495 e. The van der Waals surface area contributed by atoms with Crippen molar-refractivity contribution in [3.63, 3.8) is 0 Å². The highest BCUT2D eigenvalue weighted by Crippen LogP contribution is 2.27. The number of benzene rings is 2. The van der Waals surface area contributed by atoms with Gasteiger partial charge in [0.2, 0.25) is 5.91 Å². The first-order chi connectivity index (χ1) is 14.6. The Morgan fingerprint density at radius 2 is 1.93 bits per heavy atom. The van der Waals surface area contributed by atoms with Crippen LogP contribution in [0.4, 0.5) is 0 Å². The zero-order valence-corrected chi connectivity index (χ0v) is 19.6. The first-order valence-electron chi connectivity index (χ1n) is 9.85. The molecule has 6 nitrogen and oxygen atoms in total. The first-order valence-corrected chi connectivity index (χ1v) is 11.9. The quantitative estimate of drug-likeness (QED) is 0.280. The molecule has 2 heterocycles. The van der Waals surface area contributed by atoms with Crippen molar-refractivity contribution in [1.82, 2.24) is 14.5 Å². The lowest BCUT2D eigenvalue weighted by Gasteiger charge is -2.26. The second-order valence-electron chi connectivity index (χ2n) is 7.10. The van der Waals surface area contributed by atoms with Gasteiger partial charge in [0.25, 0.3) is 5.56 Å². The van der Waals surface area contributed by atoms with Gasteiger partial charge in [-0.3, -0.25) is 14.2 Å². The van der Waals surface area contributed by atoms with Gasteiger partial charge in [0.15, 0.2) is 5.16 Å². The van der Waals surface area contributed by atoms with Gasteiger partial charge in [-0.05, 0) is 72.2 Å². The van der Waals surface area contributed by atoms with E-state index in [9.17, 15) is 9.59 Å². The minimum absolute atomic E-state index is 0.0863. The monoisotopic (exact) mass is 535 g/mol. The summed E-state index contributed by atoms with van der Waals surface area (Å²) in [5, 5.41) is 1.03. The molecule has 3 aromatic rings. The molecule has 0 spiro atoms. The van der Waals surface area contributed by atoms with Crippen LogP contribution in [0.2, 0.25) is 0 Å².